The number of ether oxygens (including phenoxy) is 2. The van der Waals surface area contributed by atoms with Crippen LogP contribution in [0.3, 0.4) is 0 Å². The molecule has 0 saturated heterocycles. The highest BCUT2D eigenvalue weighted by atomic mass is 16.5. The summed E-state index contributed by atoms with van der Waals surface area (Å²) in [6.07, 6.45) is 2.32. The minimum atomic E-state index is 0.0513. The molecule has 0 radical (unpaired) electrons. The largest absolute Gasteiger partial charge is 0.489 e. The zero-order valence-corrected chi connectivity index (χ0v) is 11.7. The average molecular weight is 280 g/mol. The van der Waals surface area contributed by atoms with Crippen LogP contribution in [-0.4, -0.2) is 18.5 Å². The summed E-state index contributed by atoms with van der Waals surface area (Å²) in [6, 6.07) is 13.8. The number of carbonyl (C=O) groups is 1. The van der Waals surface area contributed by atoms with Crippen LogP contribution in [0, 0.1) is 0 Å². The summed E-state index contributed by atoms with van der Waals surface area (Å²) in [7, 11) is 0. The van der Waals surface area contributed by atoms with Gasteiger partial charge in [-0.25, -0.2) is 0 Å². The number of ketones is 1. The van der Waals surface area contributed by atoms with E-state index in [-0.39, 0.29) is 11.9 Å². The van der Waals surface area contributed by atoms with E-state index in [2.05, 4.69) is 6.07 Å². The molecule has 1 aliphatic carbocycles. The third-order valence-corrected chi connectivity index (χ3v) is 4.17. The summed E-state index contributed by atoms with van der Waals surface area (Å²) in [4.78, 5) is 11.7. The van der Waals surface area contributed by atoms with Crippen LogP contribution < -0.4 is 9.47 Å². The molecule has 2 aromatic rings. The van der Waals surface area contributed by atoms with Crippen LogP contribution in [0.4, 0.5) is 0 Å². The van der Waals surface area contributed by atoms with Crippen molar-refractivity contribution >= 4 is 5.78 Å². The fraction of sp³-hybridized carbons (Fsp3) is 0.278. The van der Waals surface area contributed by atoms with Crippen molar-refractivity contribution in [2.24, 2.45) is 0 Å². The number of hydrogen-bond acceptors (Lipinski definition) is 3. The quantitative estimate of drug-likeness (QED) is 0.866. The van der Waals surface area contributed by atoms with Crippen molar-refractivity contribution < 1.29 is 14.3 Å². The van der Waals surface area contributed by atoms with E-state index in [1.807, 2.05) is 36.4 Å². The summed E-state index contributed by atoms with van der Waals surface area (Å²) in [5.41, 5.74) is 3.11. The Morgan fingerprint density at radius 3 is 2.90 bits per heavy atom. The molecule has 3 nitrogen and oxygen atoms in total. The second kappa shape index (κ2) is 4.92. The maximum Gasteiger partial charge on any atom is 0.163 e. The van der Waals surface area contributed by atoms with E-state index < -0.39 is 0 Å². The molecule has 1 unspecified atom stereocenters. The van der Waals surface area contributed by atoms with E-state index >= 15 is 0 Å². The van der Waals surface area contributed by atoms with Crippen molar-refractivity contribution in [3.63, 3.8) is 0 Å². The highest BCUT2D eigenvalue weighted by molar-refractivity contribution is 6.01. The first-order valence-electron chi connectivity index (χ1n) is 7.34. The van der Waals surface area contributed by atoms with Crippen LogP contribution in [0.5, 0.6) is 11.5 Å². The first-order valence-corrected chi connectivity index (χ1v) is 7.34. The molecule has 2 aromatic carbocycles. The average Bonchev–Trinajstić information content (AvgIpc) is 3.09. The third kappa shape index (κ3) is 2.19. The standard InChI is InChI=1S/C18H16O3/c19-16-9-8-15-14(16)5-3-7-18(15)20-11-13-10-12-4-1-2-6-17(12)21-13/h1-7,13H,8-11H2. The smallest absolute Gasteiger partial charge is 0.163 e. The lowest BCUT2D eigenvalue weighted by molar-refractivity contribution is 0.0994. The second-order valence-electron chi connectivity index (χ2n) is 5.57. The van der Waals surface area contributed by atoms with Crippen molar-refractivity contribution in [2.75, 3.05) is 6.61 Å². The van der Waals surface area contributed by atoms with Crippen LogP contribution in [0.15, 0.2) is 42.5 Å². The summed E-state index contributed by atoms with van der Waals surface area (Å²) < 4.78 is 11.8. The zero-order chi connectivity index (χ0) is 14.2. The first kappa shape index (κ1) is 12.5. The van der Waals surface area contributed by atoms with Crippen LogP contribution in [0.1, 0.15) is 27.9 Å². The van der Waals surface area contributed by atoms with Gasteiger partial charge in [0, 0.05) is 24.0 Å². The molecule has 3 heteroatoms. The van der Waals surface area contributed by atoms with E-state index in [4.69, 9.17) is 9.47 Å². The van der Waals surface area contributed by atoms with Crippen molar-refractivity contribution in [3.8, 4) is 11.5 Å². The number of para-hydroxylation sites is 1. The van der Waals surface area contributed by atoms with Gasteiger partial charge in [-0.05, 0) is 24.1 Å². The van der Waals surface area contributed by atoms with Crippen LogP contribution >= 0.6 is 0 Å². The van der Waals surface area contributed by atoms with E-state index in [0.29, 0.717) is 13.0 Å². The summed E-state index contributed by atoms with van der Waals surface area (Å²) >= 11 is 0. The second-order valence-corrected chi connectivity index (χ2v) is 5.57. The third-order valence-electron chi connectivity index (χ3n) is 4.17. The summed E-state index contributed by atoms with van der Waals surface area (Å²) in [6.45, 7) is 0.513. The first-order chi connectivity index (χ1) is 10.3. The van der Waals surface area contributed by atoms with Gasteiger partial charge in [0.25, 0.3) is 0 Å². The Bertz CT molecular complexity index is 680. The topological polar surface area (TPSA) is 35.5 Å². The van der Waals surface area contributed by atoms with Gasteiger partial charge in [0.05, 0.1) is 0 Å². The summed E-state index contributed by atoms with van der Waals surface area (Å²) in [5.74, 6) is 2.01. The molecule has 0 bridgehead atoms. The molecule has 4 rings (SSSR count). The predicted octanol–water partition coefficient (Wildman–Crippen LogP) is 3.20. The van der Waals surface area contributed by atoms with Crippen LogP contribution in [-0.2, 0) is 12.8 Å². The minimum absolute atomic E-state index is 0.0513. The van der Waals surface area contributed by atoms with Gasteiger partial charge in [-0.1, -0.05) is 30.3 Å². The van der Waals surface area contributed by atoms with Crippen molar-refractivity contribution in [1.82, 2.24) is 0 Å². The van der Waals surface area contributed by atoms with Gasteiger partial charge in [-0.2, -0.15) is 0 Å². The monoisotopic (exact) mass is 280 g/mol. The van der Waals surface area contributed by atoms with Crippen molar-refractivity contribution in [2.45, 2.75) is 25.4 Å². The number of hydrogen-bond donors (Lipinski definition) is 0. The minimum Gasteiger partial charge on any atom is -0.489 e. The van der Waals surface area contributed by atoms with Gasteiger partial charge in [0.15, 0.2) is 5.78 Å². The molecule has 0 N–H and O–H groups in total. The molecule has 0 fully saturated rings. The zero-order valence-electron chi connectivity index (χ0n) is 11.7. The molecule has 1 aliphatic heterocycles. The van der Waals surface area contributed by atoms with Crippen molar-refractivity contribution in [3.05, 3.63) is 59.2 Å². The van der Waals surface area contributed by atoms with Gasteiger partial charge in [0.1, 0.15) is 24.2 Å². The van der Waals surface area contributed by atoms with E-state index in [1.165, 1.54) is 5.56 Å². The molecule has 21 heavy (non-hydrogen) atoms. The van der Waals surface area contributed by atoms with Gasteiger partial charge in [-0.3, -0.25) is 4.79 Å². The Kier molecular flexibility index (Phi) is 2.92. The van der Waals surface area contributed by atoms with E-state index in [0.717, 1.165) is 35.5 Å². The fourth-order valence-electron chi connectivity index (χ4n) is 3.12. The number of carbonyl (C=O) groups excluding carboxylic acids is 1. The summed E-state index contributed by atoms with van der Waals surface area (Å²) in [5, 5.41) is 0. The number of rotatable bonds is 3. The molecule has 0 aromatic heterocycles. The molecule has 106 valence electrons. The fourth-order valence-corrected chi connectivity index (χ4v) is 3.12. The normalized spacial score (nSPS) is 19.0. The maximum atomic E-state index is 11.7. The van der Waals surface area contributed by atoms with Gasteiger partial charge in [-0.15, -0.1) is 0 Å². The Morgan fingerprint density at radius 1 is 1.10 bits per heavy atom. The van der Waals surface area contributed by atoms with E-state index in [1.54, 1.807) is 0 Å². The van der Waals surface area contributed by atoms with Crippen LogP contribution in [0.2, 0.25) is 0 Å². The van der Waals surface area contributed by atoms with Gasteiger partial charge in [0.2, 0.25) is 0 Å². The molecule has 1 atom stereocenters. The Hall–Kier alpha value is -2.29. The highest BCUT2D eigenvalue weighted by Gasteiger charge is 2.25. The predicted molar refractivity (Wildman–Crippen MR) is 79.2 cm³/mol. The molecule has 0 saturated carbocycles. The lowest BCUT2D eigenvalue weighted by Gasteiger charge is -2.14. The molecule has 2 aliphatic rings. The Balaban J connectivity index is 1.46. The molecule has 0 amide bonds. The molecule has 1 heterocycles. The van der Waals surface area contributed by atoms with E-state index in [9.17, 15) is 4.79 Å². The Morgan fingerprint density at radius 2 is 2.00 bits per heavy atom. The molecule has 0 spiro atoms. The lowest BCUT2D eigenvalue weighted by Crippen LogP contribution is -2.22. The van der Waals surface area contributed by atoms with Crippen molar-refractivity contribution in [1.29, 1.82) is 0 Å². The van der Waals surface area contributed by atoms with Gasteiger partial charge >= 0.3 is 0 Å². The highest BCUT2D eigenvalue weighted by Crippen LogP contribution is 2.32. The number of Topliss-reactive ketones (excluding diaryl/α,β-unsaturated/α-hetero) is 1. The lowest BCUT2D eigenvalue weighted by atomic mass is 10.1. The number of benzene rings is 2. The maximum absolute atomic E-state index is 11.7. The number of fused-ring (bicyclic) bond motifs is 2. The van der Waals surface area contributed by atoms with Gasteiger partial charge < -0.3 is 9.47 Å². The van der Waals surface area contributed by atoms with Crippen LogP contribution in [0.25, 0.3) is 0 Å². The Labute approximate surface area is 123 Å². The SMILES string of the molecule is O=C1CCc2c(OCC3Cc4ccccc4O3)cccc21. The molecular weight excluding hydrogens is 264 g/mol. The molecular formula is C18H16O3.